The average molecular weight is 310 g/mol. The second-order valence-electron chi connectivity index (χ2n) is 6.17. The number of fused-ring (bicyclic) bond motifs is 1. The first kappa shape index (κ1) is 15.5. The van der Waals surface area contributed by atoms with Crippen LogP contribution >= 0.6 is 0 Å². The quantitative estimate of drug-likeness (QED) is 0.947. The van der Waals surface area contributed by atoms with Crippen molar-refractivity contribution in [1.82, 2.24) is 10.2 Å². The van der Waals surface area contributed by atoms with Crippen molar-refractivity contribution in [2.75, 3.05) is 6.54 Å². The van der Waals surface area contributed by atoms with Gasteiger partial charge in [-0.3, -0.25) is 9.59 Å². The minimum absolute atomic E-state index is 0.0273. The Balaban J connectivity index is 1.79. The average Bonchev–Trinajstić information content (AvgIpc) is 3.04. The topological polar surface area (TPSA) is 49.4 Å². The van der Waals surface area contributed by atoms with Crippen LogP contribution in [0, 0.1) is 0 Å². The normalized spacial score (nSPS) is 18.9. The maximum atomic E-state index is 12.6. The molecular weight excluding hydrogens is 288 g/mol. The molecule has 1 saturated heterocycles. The summed E-state index contributed by atoms with van der Waals surface area (Å²) < 4.78 is 0. The molecule has 1 aliphatic rings. The van der Waals surface area contributed by atoms with E-state index < -0.39 is 0 Å². The zero-order valence-electron chi connectivity index (χ0n) is 13.6. The fraction of sp³-hybridized carbons (Fsp3) is 0.368. The molecule has 1 fully saturated rings. The van der Waals surface area contributed by atoms with Gasteiger partial charge < -0.3 is 10.2 Å². The van der Waals surface area contributed by atoms with Crippen molar-refractivity contribution in [3.63, 3.8) is 0 Å². The molecule has 0 spiro atoms. The van der Waals surface area contributed by atoms with Gasteiger partial charge in [0.05, 0.1) is 6.04 Å². The van der Waals surface area contributed by atoms with E-state index in [0.29, 0.717) is 6.54 Å². The number of amides is 2. The van der Waals surface area contributed by atoms with Gasteiger partial charge in [-0.15, -0.1) is 0 Å². The number of hydrogen-bond donors (Lipinski definition) is 1. The number of nitrogens with one attached hydrogen (secondary N) is 1. The number of likely N-dealkylation sites (tertiary alicyclic amines) is 1. The van der Waals surface area contributed by atoms with Crippen LogP contribution in [0.1, 0.15) is 38.3 Å². The van der Waals surface area contributed by atoms with E-state index in [1.165, 1.54) is 6.92 Å². The monoisotopic (exact) mass is 310 g/mol. The SMILES string of the molecule is CC(=O)N1CCCC1C(=O)N[C@H](C)c1cccc2ccccc12. The van der Waals surface area contributed by atoms with Gasteiger partial charge in [0.1, 0.15) is 6.04 Å². The van der Waals surface area contributed by atoms with E-state index in [-0.39, 0.29) is 23.9 Å². The van der Waals surface area contributed by atoms with E-state index in [0.717, 1.165) is 29.2 Å². The summed E-state index contributed by atoms with van der Waals surface area (Å²) >= 11 is 0. The van der Waals surface area contributed by atoms with Crippen LogP contribution in [0.4, 0.5) is 0 Å². The summed E-state index contributed by atoms with van der Waals surface area (Å²) in [5, 5.41) is 5.40. The number of benzene rings is 2. The van der Waals surface area contributed by atoms with Gasteiger partial charge in [-0.25, -0.2) is 0 Å². The second-order valence-corrected chi connectivity index (χ2v) is 6.17. The first-order chi connectivity index (χ1) is 11.1. The molecule has 0 bridgehead atoms. The minimum atomic E-state index is -0.329. The molecule has 23 heavy (non-hydrogen) atoms. The summed E-state index contributed by atoms with van der Waals surface area (Å²) in [5.74, 6) is -0.0846. The standard InChI is InChI=1S/C19H22N2O2/c1-13(16-10-5-8-15-7-3-4-9-17(15)16)20-19(23)18-11-6-12-21(18)14(2)22/h3-5,7-10,13,18H,6,11-12H2,1-2H3,(H,20,23)/t13-,18?/m1/s1. The molecule has 0 radical (unpaired) electrons. The molecule has 4 nitrogen and oxygen atoms in total. The van der Waals surface area contributed by atoms with Crippen molar-refractivity contribution in [3.8, 4) is 0 Å². The Morgan fingerprint density at radius 3 is 2.70 bits per heavy atom. The molecule has 3 rings (SSSR count). The van der Waals surface area contributed by atoms with Gasteiger partial charge in [0.25, 0.3) is 0 Å². The molecule has 2 aromatic carbocycles. The first-order valence-electron chi connectivity index (χ1n) is 8.13. The van der Waals surface area contributed by atoms with Crippen molar-refractivity contribution < 1.29 is 9.59 Å². The predicted molar refractivity (Wildman–Crippen MR) is 90.9 cm³/mol. The van der Waals surface area contributed by atoms with E-state index in [9.17, 15) is 9.59 Å². The summed E-state index contributed by atoms with van der Waals surface area (Å²) in [4.78, 5) is 25.9. The summed E-state index contributed by atoms with van der Waals surface area (Å²) in [5.41, 5.74) is 1.10. The zero-order chi connectivity index (χ0) is 16.4. The third-order valence-electron chi connectivity index (χ3n) is 4.61. The van der Waals surface area contributed by atoms with Crippen LogP contribution < -0.4 is 5.32 Å². The molecule has 2 atom stereocenters. The molecule has 1 aliphatic heterocycles. The van der Waals surface area contributed by atoms with Gasteiger partial charge in [-0.05, 0) is 36.1 Å². The van der Waals surface area contributed by atoms with Crippen LogP contribution in [-0.4, -0.2) is 29.3 Å². The number of rotatable bonds is 3. The molecule has 0 saturated carbocycles. The van der Waals surface area contributed by atoms with Crippen molar-refractivity contribution >= 4 is 22.6 Å². The lowest BCUT2D eigenvalue weighted by Crippen LogP contribution is -2.45. The third-order valence-corrected chi connectivity index (χ3v) is 4.61. The van der Waals surface area contributed by atoms with Crippen LogP contribution in [0.15, 0.2) is 42.5 Å². The fourth-order valence-electron chi connectivity index (χ4n) is 3.43. The van der Waals surface area contributed by atoms with Crippen LogP contribution in [-0.2, 0) is 9.59 Å². The molecule has 4 heteroatoms. The Kier molecular flexibility index (Phi) is 4.33. The summed E-state index contributed by atoms with van der Waals surface area (Å²) in [6.07, 6.45) is 1.63. The van der Waals surface area contributed by atoms with Crippen LogP contribution in [0.3, 0.4) is 0 Å². The van der Waals surface area contributed by atoms with Crippen molar-refractivity contribution in [2.45, 2.75) is 38.8 Å². The number of carbonyl (C=O) groups is 2. The molecule has 2 aromatic rings. The molecule has 1 heterocycles. The minimum Gasteiger partial charge on any atom is -0.348 e. The van der Waals surface area contributed by atoms with E-state index in [4.69, 9.17) is 0 Å². The summed E-state index contributed by atoms with van der Waals surface area (Å²) in [6.45, 7) is 4.20. The van der Waals surface area contributed by atoms with Gasteiger partial charge in [0.15, 0.2) is 0 Å². The summed E-state index contributed by atoms with van der Waals surface area (Å²) in [7, 11) is 0. The van der Waals surface area contributed by atoms with Crippen LogP contribution in [0.25, 0.3) is 10.8 Å². The maximum absolute atomic E-state index is 12.6. The van der Waals surface area contributed by atoms with Gasteiger partial charge in [-0.2, -0.15) is 0 Å². The molecule has 0 aliphatic carbocycles. The van der Waals surface area contributed by atoms with Gasteiger partial charge in [0.2, 0.25) is 11.8 Å². The van der Waals surface area contributed by atoms with E-state index >= 15 is 0 Å². The van der Waals surface area contributed by atoms with Gasteiger partial charge >= 0.3 is 0 Å². The third kappa shape index (κ3) is 3.07. The first-order valence-corrected chi connectivity index (χ1v) is 8.13. The molecule has 120 valence electrons. The molecule has 2 amide bonds. The fourth-order valence-corrected chi connectivity index (χ4v) is 3.43. The largest absolute Gasteiger partial charge is 0.348 e. The Bertz CT molecular complexity index is 736. The lowest BCUT2D eigenvalue weighted by molar-refractivity contribution is -0.137. The maximum Gasteiger partial charge on any atom is 0.243 e. The van der Waals surface area contributed by atoms with Gasteiger partial charge in [0, 0.05) is 13.5 Å². The number of hydrogen-bond acceptors (Lipinski definition) is 2. The molecule has 1 N–H and O–H groups in total. The van der Waals surface area contributed by atoms with Crippen LogP contribution in [0.2, 0.25) is 0 Å². The Labute approximate surface area is 136 Å². The molecular formula is C19H22N2O2. The lowest BCUT2D eigenvalue weighted by atomic mass is 9.99. The highest BCUT2D eigenvalue weighted by atomic mass is 16.2. The van der Waals surface area contributed by atoms with Crippen molar-refractivity contribution in [1.29, 1.82) is 0 Å². The van der Waals surface area contributed by atoms with Crippen molar-refractivity contribution in [3.05, 3.63) is 48.0 Å². The zero-order valence-corrected chi connectivity index (χ0v) is 13.6. The van der Waals surface area contributed by atoms with Crippen molar-refractivity contribution in [2.24, 2.45) is 0 Å². The highest BCUT2D eigenvalue weighted by Gasteiger charge is 2.32. The summed E-state index contributed by atoms with van der Waals surface area (Å²) in [6, 6.07) is 13.9. The van der Waals surface area contributed by atoms with E-state index in [1.807, 2.05) is 31.2 Å². The number of nitrogens with zero attached hydrogens (tertiary/aromatic N) is 1. The highest BCUT2D eigenvalue weighted by molar-refractivity contribution is 5.89. The smallest absolute Gasteiger partial charge is 0.243 e. The lowest BCUT2D eigenvalue weighted by Gasteiger charge is -2.25. The Morgan fingerprint density at radius 1 is 1.17 bits per heavy atom. The van der Waals surface area contributed by atoms with Crippen LogP contribution in [0.5, 0.6) is 0 Å². The van der Waals surface area contributed by atoms with E-state index in [1.54, 1.807) is 4.90 Å². The molecule has 1 unspecified atom stereocenters. The number of carbonyl (C=O) groups excluding carboxylic acids is 2. The second kappa shape index (κ2) is 6.41. The Morgan fingerprint density at radius 2 is 1.91 bits per heavy atom. The predicted octanol–water partition coefficient (Wildman–Crippen LogP) is 3.03. The Hall–Kier alpha value is -2.36. The molecule has 0 aromatic heterocycles. The highest BCUT2D eigenvalue weighted by Crippen LogP contribution is 2.25. The van der Waals surface area contributed by atoms with Gasteiger partial charge in [-0.1, -0.05) is 42.5 Å². The van der Waals surface area contributed by atoms with E-state index in [2.05, 4.69) is 23.5 Å².